The molecule has 1 unspecified atom stereocenters. The minimum absolute atomic E-state index is 0.0723. The Labute approximate surface area is 196 Å². The van der Waals surface area contributed by atoms with E-state index >= 15 is 0 Å². The lowest BCUT2D eigenvalue weighted by Crippen LogP contribution is -2.39. The summed E-state index contributed by atoms with van der Waals surface area (Å²) < 4.78 is 1.87. The highest BCUT2D eigenvalue weighted by molar-refractivity contribution is 7.10. The van der Waals surface area contributed by atoms with E-state index in [1.165, 1.54) is 0 Å². The average molecular weight is 466 g/mol. The fraction of sp³-hybridized carbons (Fsp3) is 0.333. The van der Waals surface area contributed by atoms with Crippen LogP contribution in [-0.2, 0) is 14.4 Å². The maximum absolute atomic E-state index is 12.6. The molecule has 3 heterocycles. The molecule has 0 spiro atoms. The molecule has 2 N–H and O–H groups in total. The van der Waals surface area contributed by atoms with E-state index in [1.807, 2.05) is 55.1 Å². The predicted molar refractivity (Wildman–Crippen MR) is 129 cm³/mol. The fourth-order valence-corrected chi connectivity index (χ4v) is 4.90. The number of anilines is 2. The van der Waals surface area contributed by atoms with Gasteiger partial charge in [-0.1, -0.05) is 12.1 Å². The third kappa shape index (κ3) is 4.98. The Morgan fingerprint density at radius 1 is 1.15 bits per heavy atom. The Balaban J connectivity index is 1.44. The highest BCUT2D eigenvalue weighted by Gasteiger charge is 2.24. The first-order valence-electron chi connectivity index (χ1n) is 10.9. The maximum atomic E-state index is 12.6. The third-order valence-corrected chi connectivity index (χ3v) is 6.68. The Bertz CT molecular complexity index is 1180. The molecule has 3 aromatic rings. The van der Waals surface area contributed by atoms with Crippen LogP contribution in [0.3, 0.4) is 0 Å². The van der Waals surface area contributed by atoms with Crippen LogP contribution in [-0.4, -0.2) is 40.6 Å². The van der Waals surface area contributed by atoms with Crippen molar-refractivity contribution in [2.75, 3.05) is 23.3 Å². The van der Waals surface area contributed by atoms with Crippen LogP contribution >= 0.6 is 11.3 Å². The SMILES string of the molecule is Cc1cc(C)n(C(CNC(=O)C(=O)Nc2ccc(C)c(N3CCCC3=O)c2)c2cccs2)n1. The van der Waals surface area contributed by atoms with Crippen LogP contribution in [0.5, 0.6) is 0 Å². The first kappa shape index (κ1) is 22.7. The van der Waals surface area contributed by atoms with Crippen molar-refractivity contribution in [1.82, 2.24) is 15.1 Å². The normalized spacial score (nSPS) is 14.4. The van der Waals surface area contributed by atoms with Crippen molar-refractivity contribution in [3.63, 3.8) is 0 Å². The van der Waals surface area contributed by atoms with E-state index in [4.69, 9.17) is 0 Å². The van der Waals surface area contributed by atoms with Crippen molar-refractivity contribution in [3.8, 4) is 0 Å². The predicted octanol–water partition coefficient (Wildman–Crippen LogP) is 3.34. The zero-order valence-electron chi connectivity index (χ0n) is 18.9. The van der Waals surface area contributed by atoms with Crippen LogP contribution in [0.25, 0.3) is 0 Å². The van der Waals surface area contributed by atoms with Gasteiger partial charge in [-0.25, -0.2) is 0 Å². The lowest BCUT2D eigenvalue weighted by Gasteiger charge is -2.20. The van der Waals surface area contributed by atoms with Crippen molar-refractivity contribution in [2.45, 2.75) is 39.7 Å². The number of thiophene rings is 1. The summed E-state index contributed by atoms with van der Waals surface area (Å²) in [7, 11) is 0. The molecule has 0 aliphatic carbocycles. The molecule has 0 radical (unpaired) electrons. The number of nitrogens with one attached hydrogen (secondary N) is 2. The van der Waals surface area contributed by atoms with Crippen LogP contribution in [0.4, 0.5) is 11.4 Å². The molecule has 1 atom stereocenters. The molecular weight excluding hydrogens is 438 g/mol. The van der Waals surface area contributed by atoms with Crippen molar-refractivity contribution >= 4 is 40.4 Å². The molecule has 1 aliphatic heterocycles. The molecule has 2 aromatic heterocycles. The quantitative estimate of drug-likeness (QED) is 0.546. The summed E-state index contributed by atoms with van der Waals surface area (Å²) in [5.74, 6) is -1.41. The van der Waals surface area contributed by atoms with Crippen LogP contribution in [0.2, 0.25) is 0 Å². The molecule has 9 heteroatoms. The van der Waals surface area contributed by atoms with Gasteiger partial charge >= 0.3 is 11.8 Å². The Hall–Kier alpha value is -3.46. The zero-order valence-corrected chi connectivity index (χ0v) is 19.7. The first-order valence-corrected chi connectivity index (χ1v) is 11.8. The number of aryl methyl sites for hydroxylation is 3. The van der Waals surface area contributed by atoms with E-state index in [1.54, 1.807) is 28.4 Å². The highest BCUT2D eigenvalue weighted by Crippen LogP contribution is 2.28. The summed E-state index contributed by atoms with van der Waals surface area (Å²) in [4.78, 5) is 40.1. The van der Waals surface area contributed by atoms with Crippen LogP contribution in [0, 0.1) is 20.8 Å². The number of amides is 3. The highest BCUT2D eigenvalue weighted by atomic mass is 32.1. The van der Waals surface area contributed by atoms with Gasteiger partial charge in [0.1, 0.15) is 6.04 Å². The molecule has 33 heavy (non-hydrogen) atoms. The largest absolute Gasteiger partial charge is 0.345 e. The molecule has 1 saturated heterocycles. The number of nitrogens with zero attached hydrogens (tertiary/aromatic N) is 3. The van der Waals surface area contributed by atoms with Crippen molar-refractivity contribution < 1.29 is 14.4 Å². The smallest absolute Gasteiger partial charge is 0.313 e. The fourth-order valence-electron chi connectivity index (χ4n) is 4.09. The Morgan fingerprint density at radius 3 is 2.61 bits per heavy atom. The molecule has 8 nitrogen and oxygen atoms in total. The van der Waals surface area contributed by atoms with Gasteiger partial charge in [-0.2, -0.15) is 5.10 Å². The minimum Gasteiger partial charge on any atom is -0.345 e. The molecule has 0 bridgehead atoms. The standard InChI is InChI=1S/C24H27N5O3S/c1-15-8-9-18(13-19(15)28-10-4-7-22(28)30)26-24(32)23(31)25-14-20(21-6-5-11-33-21)29-17(3)12-16(2)27-29/h5-6,8-9,11-13,20H,4,7,10,14H2,1-3H3,(H,25,31)(H,26,32). The Morgan fingerprint density at radius 2 is 1.97 bits per heavy atom. The summed E-state index contributed by atoms with van der Waals surface area (Å²) in [5, 5.41) is 11.9. The molecule has 1 aromatic carbocycles. The topological polar surface area (TPSA) is 96.3 Å². The molecule has 1 fully saturated rings. The average Bonchev–Trinajstić information content (AvgIpc) is 3.52. The molecule has 172 valence electrons. The van der Waals surface area contributed by atoms with Gasteiger partial charge in [-0.3, -0.25) is 19.1 Å². The van der Waals surface area contributed by atoms with E-state index in [2.05, 4.69) is 15.7 Å². The third-order valence-electron chi connectivity index (χ3n) is 5.70. The van der Waals surface area contributed by atoms with Gasteiger partial charge in [0.2, 0.25) is 5.91 Å². The number of rotatable bonds is 6. The van der Waals surface area contributed by atoms with Gasteiger partial charge in [0, 0.05) is 41.5 Å². The van der Waals surface area contributed by atoms with Gasteiger partial charge in [-0.05, 0) is 62.4 Å². The van der Waals surface area contributed by atoms with Crippen molar-refractivity contribution in [2.24, 2.45) is 0 Å². The summed E-state index contributed by atoms with van der Waals surface area (Å²) >= 11 is 1.58. The number of benzene rings is 1. The zero-order chi connectivity index (χ0) is 23.5. The van der Waals surface area contributed by atoms with E-state index < -0.39 is 11.8 Å². The van der Waals surface area contributed by atoms with E-state index in [0.29, 0.717) is 18.7 Å². The van der Waals surface area contributed by atoms with Gasteiger partial charge < -0.3 is 15.5 Å². The maximum Gasteiger partial charge on any atom is 0.313 e. The second-order valence-corrected chi connectivity index (χ2v) is 9.20. The second kappa shape index (κ2) is 9.58. The molecule has 1 aliphatic rings. The summed E-state index contributed by atoms with van der Waals surface area (Å²) in [6.07, 6.45) is 1.34. The van der Waals surface area contributed by atoms with Gasteiger partial charge in [0.25, 0.3) is 0 Å². The second-order valence-electron chi connectivity index (χ2n) is 8.22. The van der Waals surface area contributed by atoms with Crippen molar-refractivity contribution in [3.05, 3.63) is 63.6 Å². The monoisotopic (exact) mass is 465 g/mol. The number of hydrogen-bond donors (Lipinski definition) is 2. The van der Waals surface area contributed by atoms with E-state index in [9.17, 15) is 14.4 Å². The minimum atomic E-state index is -0.754. The van der Waals surface area contributed by atoms with Crippen LogP contribution in [0.15, 0.2) is 41.8 Å². The Kier molecular flexibility index (Phi) is 6.60. The number of carbonyl (C=O) groups is 3. The number of hydrogen-bond acceptors (Lipinski definition) is 5. The molecule has 0 saturated carbocycles. The number of carbonyl (C=O) groups excluding carboxylic acids is 3. The van der Waals surface area contributed by atoms with Gasteiger partial charge in [0.05, 0.1) is 5.69 Å². The number of aromatic nitrogens is 2. The summed E-state index contributed by atoms with van der Waals surface area (Å²) in [5.41, 5.74) is 4.05. The molecule has 3 amide bonds. The lowest BCUT2D eigenvalue weighted by molar-refractivity contribution is -0.136. The van der Waals surface area contributed by atoms with E-state index in [0.717, 1.165) is 33.9 Å². The van der Waals surface area contributed by atoms with Crippen molar-refractivity contribution in [1.29, 1.82) is 0 Å². The molecule has 4 rings (SSSR count). The summed E-state index contributed by atoms with van der Waals surface area (Å²) in [6.45, 7) is 6.70. The van der Waals surface area contributed by atoms with Gasteiger partial charge in [-0.15, -0.1) is 11.3 Å². The van der Waals surface area contributed by atoms with Crippen LogP contribution < -0.4 is 15.5 Å². The van der Waals surface area contributed by atoms with Crippen LogP contribution in [0.1, 0.15) is 40.7 Å². The van der Waals surface area contributed by atoms with E-state index in [-0.39, 0.29) is 18.5 Å². The molecular formula is C24H27N5O3S. The summed E-state index contributed by atoms with van der Waals surface area (Å²) in [6, 6.07) is 11.0. The first-order chi connectivity index (χ1) is 15.8. The van der Waals surface area contributed by atoms with Gasteiger partial charge in [0.15, 0.2) is 0 Å². The lowest BCUT2D eigenvalue weighted by atomic mass is 10.1.